The van der Waals surface area contributed by atoms with Gasteiger partial charge in [-0.15, -0.1) is 0 Å². The molecule has 2 aliphatic heterocycles. The first kappa shape index (κ1) is 14.0. The molecule has 8 nitrogen and oxygen atoms in total. The zero-order valence-electron chi connectivity index (χ0n) is 11.9. The van der Waals surface area contributed by atoms with Gasteiger partial charge in [0.15, 0.2) is 0 Å². The van der Waals surface area contributed by atoms with Gasteiger partial charge < -0.3 is 10.3 Å². The minimum Gasteiger partial charge on any atom is -0.349 e. The summed E-state index contributed by atoms with van der Waals surface area (Å²) in [6, 6.07) is 3.47. The van der Waals surface area contributed by atoms with Crippen molar-refractivity contribution >= 4 is 17.3 Å². The number of aromatic nitrogens is 1. The molecule has 2 aliphatic rings. The van der Waals surface area contributed by atoms with Crippen molar-refractivity contribution in [2.45, 2.75) is 25.3 Å². The quantitative estimate of drug-likeness (QED) is 0.486. The van der Waals surface area contributed by atoms with E-state index in [4.69, 9.17) is 5.84 Å². The number of nitrogens with one attached hydrogen (secondary N) is 1. The van der Waals surface area contributed by atoms with E-state index in [9.17, 15) is 10.1 Å². The van der Waals surface area contributed by atoms with Gasteiger partial charge in [0, 0.05) is 31.7 Å². The lowest BCUT2D eigenvalue weighted by Gasteiger charge is -2.26. The molecule has 114 valence electrons. The van der Waals surface area contributed by atoms with Crippen LogP contribution in [0, 0.1) is 10.1 Å². The number of nitrogens with zero attached hydrogens (tertiary/aromatic N) is 4. The number of nitrogens with two attached hydrogens (primary N) is 1. The SMILES string of the molecule is NNc1ccc([N+](=O)[O-])c(N2CCCN3CCCC3C2)n1. The summed E-state index contributed by atoms with van der Waals surface area (Å²) in [5.74, 6) is 6.25. The number of hydrogen-bond acceptors (Lipinski definition) is 7. The Bertz CT molecular complexity index is 537. The standard InChI is InChI=1S/C13H20N6O2/c14-16-12-5-4-11(19(20)21)13(15-12)18-8-2-7-17-6-1-3-10(17)9-18/h4-5,10H,1-3,6-9,14H2,(H,15,16). The molecule has 0 radical (unpaired) electrons. The molecule has 2 fully saturated rings. The van der Waals surface area contributed by atoms with Crippen molar-refractivity contribution in [1.29, 1.82) is 0 Å². The average Bonchev–Trinajstić information content (AvgIpc) is 2.83. The third-order valence-corrected chi connectivity index (χ3v) is 4.30. The lowest BCUT2D eigenvalue weighted by molar-refractivity contribution is -0.384. The van der Waals surface area contributed by atoms with Crippen LogP contribution in [-0.4, -0.2) is 47.0 Å². The molecule has 0 bridgehead atoms. The summed E-state index contributed by atoms with van der Waals surface area (Å²) in [5.41, 5.74) is 2.51. The summed E-state index contributed by atoms with van der Waals surface area (Å²) in [7, 11) is 0. The molecule has 21 heavy (non-hydrogen) atoms. The smallest absolute Gasteiger partial charge is 0.311 e. The largest absolute Gasteiger partial charge is 0.349 e. The molecule has 2 saturated heterocycles. The number of hydrogen-bond donors (Lipinski definition) is 2. The number of fused-ring (bicyclic) bond motifs is 1. The Hall–Kier alpha value is -1.93. The summed E-state index contributed by atoms with van der Waals surface area (Å²) >= 11 is 0. The number of nitro groups is 1. The summed E-state index contributed by atoms with van der Waals surface area (Å²) in [4.78, 5) is 19.7. The Morgan fingerprint density at radius 2 is 2.14 bits per heavy atom. The number of rotatable bonds is 3. The van der Waals surface area contributed by atoms with Crippen molar-refractivity contribution in [1.82, 2.24) is 9.88 Å². The van der Waals surface area contributed by atoms with Crippen LogP contribution in [0.25, 0.3) is 0 Å². The van der Waals surface area contributed by atoms with Crippen molar-refractivity contribution in [2.24, 2.45) is 5.84 Å². The molecule has 3 N–H and O–H groups in total. The van der Waals surface area contributed by atoms with Gasteiger partial charge >= 0.3 is 5.69 Å². The molecule has 0 spiro atoms. The zero-order valence-corrected chi connectivity index (χ0v) is 11.9. The molecule has 8 heteroatoms. The molecular weight excluding hydrogens is 272 g/mol. The van der Waals surface area contributed by atoms with Gasteiger partial charge in [-0.1, -0.05) is 0 Å². The molecular formula is C13H20N6O2. The molecule has 1 unspecified atom stereocenters. The van der Waals surface area contributed by atoms with Crippen molar-refractivity contribution in [3.8, 4) is 0 Å². The monoisotopic (exact) mass is 292 g/mol. The minimum atomic E-state index is -0.375. The van der Waals surface area contributed by atoms with Crippen LogP contribution in [0.15, 0.2) is 12.1 Å². The number of anilines is 2. The average molecular weight is 292 g/mol. The van der Waals surface area contributed by atoms with Crippen molar-refractivity contribution in [3.05, 3.63) is 22.2 Å². The summed E-state index contributed by atoms with van der Waals surface area (Å²) in [5, 5.41) is 11.3. The van der Waals surface area contributed by atoms with Crippen LogP contribution in [-0.2, 0) is 0 Å². The first-order chi connectivity index (χ1) is 10.2. The van der Waals surface area contributed by atoms with E-state index >= 15 is 0 Å². The highest BCUT2D eigenvalue weighted by molar-refractivity contribution is 5.61. The summed E-state index contributed by atoms with van der Waals surface area (Å²) < 4.78 is 0. The Morgan fingerprint density at radius 1 is 1.33 bits per heavy atom. The fourth-order valence-corrected chi connectivity index (χ4v) is 3.30. The van der Waals surface area contributed by atoms with Gasteiger partial charge in [-0.25, -0.2) is 10.8 Å². The highest BCUT2D eigenvalue weighted by Gasteiger charge is 2.31. The maximum Gasteiger partial charge on any atom is 0.311 e. The van der Waals surface area contributed by atoms with Gasteiger partial charge in [0.1, 0.15) is 5.82 Å². The second kappa shape index (κ2) is 5.82. The third kappa shape index (κ3) is 2.77. The van der Waals surface area contributed by atoms with Gasteiger partial charge in [0.25, 0.3) is 0 Å². The lowest BCUT2D eigenvalue weighted by atomic mass is 10.2. The van der Waals surface area contributed by atoms with E-state index in [1.54, 1.807) is 0 Å². The number of hydrazine groups is 1. The van der Waals surface area contributed by atoms with E-state index in [1.807, 2.05) is 4.90 Å². The molecule has 0 saturated carbocycles. The van der Waals surface area contributed by atoms with E-state index < -0.39 is 0 Å². The molecule has 1 atom stereocenters. The van der Waals surface area contributed by atoms with Gasteiger partial charge in [-0.2, -0.15) is 0 Å². The summed E-state index contributed by atoms with van der Waals surface area (Å²) in [6.07, 6.45) is 3.35. The van der Waals surface area contributed by atoms with E-state index in [-0.39, 0.29) is 10.6 Å². The maximum atomic E-state index is 11.3. The number of nitrogen functional groups attached to an aromatic ring is 1. The van der Waals surface area contributed by atoms with Crippen molar-refractivity contribution in [2.75, 3.05) is 36.5 Å². The fraction of sp³-hybridized carbons (Fsp3) is 0.615. The van der Waals surface area contributed by atoms with Crippen LogP contribution in [0.4, 0.5) is 17.3 Å². The van der Waals surface area contributed by atoms with Crippen LogP contribution in [0.1, 0.15) is 19.3 Å². The minimum absolute atomic E-state index is 0.0421. The van der Waals surface area contributed by atoms with Gasteiger partial charge in [0.2, 0.25) is 5.82 Å². The second-order valence-corrected chi connectivity index (χ2v) is 5.57. The molecule has 3 heterocycles. The summed E-state index contributed by atoms with van der Waals surface area (Å²) in [6.45, 7) is 3.78. The maximum absolute atomic E-state index is 11.3. The Labute approximate surface area is 123 Å². The van der Waals surface area contributed by atoms with Gasteiger partial charge in [0.05, 0.1) is 4.92 Å². The van der Waals surface area contributed by atoms with Gasteiger partial charge in [-0.3, -0.25) is 15.0 Å². The van der Waals surface area contributed by atoms with Crippen molar-refractivity contribution in [3.63, 3.8) is 0 Å². The Morgan fingerprint density at radius 3 is 2.90 bits per heavy atom. The van der Waals surface area contributed by atoms with Crippen molar-refractivity contribution < 1.29 is 4.92 Å². The van der Waals surface area contributed by atoms with Crippen LogP contribution >= 0.6 is 0 Å². The molecule has 3 rings (SSSR count). The Kier molecular flexibility index (Phi) is 3.89. The third-order valence-electron chi connectivity index (χ3n) is 4.30. The Balaban J connectivity index is 1.92. The predicted octanol–water partition coefficient (Wildman–Crippen LogP) is 0.950. The fourth-order valence-electron chi connectivity index (χ4n) is 3.30. The molecule has 0 amide bonds. The lowest BCUT2D eigenvalue weighted by Crippen LogP contribution is -2.37. The molecule has 0 aliphatic carbocycles. The highest BCUT2D eigenvalue weighted by atomic mass is 16.6. The second-order valence-electron chi connectivity index (χ2n) is 5.57. The van der Waals surface area contributed by atoms with E-state index in [2.05, 4.69) is 15.3 Å². The van der Waals surface area contributed by atoms with Crippen LogP contribution in [0.5, 0.6) is 0 Å². The first-order valence-electron chi connectivity index (χ1n) is 7.30. The number of pyridine rings is 1. The predicted molar refractivity (Wildman–Crippen MR) is 80.1 cm³/mol. The van der Waals surface area contributed by atoms with E-state index in [1.165, 1.54) is 18.6 Å². The van der Waals surface area contributed by atoms with E-state index in [0.717, 1.165) is 39.0 Å². The molecule has 1 aromatic rings. The normalized spacial score (nSPS) is 22.7. The van der Waals surface area contributed by atoms with Gasteiger partial charge in [-0.05, 0) is 31.9 Å². The first-order valence-corrected chi connectivity index (χ1v) is 7.30. The van der Waals surface area contributed by atoms with Crippen LogP contribution < -0.4 is 16.2 Å². The topological polar surface area (TPSA) is 101 Å². The highest BCUT2D eigenvalue weighted by Crippen LogP contribution is 2.31. The zero-order chi connectivity index (χ0) is 14.8. The molecule has 1 aromatic heterocycles. The molecule has 0 aromatic carbocycles. The van der Waals surface area contributed by atoms with E-state index in [0.29, 0.717) is 17.7 Å². The van der Waals surface area contributed by atoms with Crippen LogP contribution in [0.3, 0.4) is 0 Å². The van der Waals surface area contributed by atoms with Crippen LogP contribution in [0.2, 0.25) is 0 Å².